The molecule has 0 fully saturated rings. The van der Waals surface area contributed by atoms with Crippen LogP contribution in [-0.2, 0) is 0 Å². The molecular weight excluding hydrogens is 498 g/mol. The molecule has 0 aliphatic rings. The Morgan fingerprint density at radius 2 is 1.29 bits per heavy atom. The lowest BCUT2D eigenvalue weighted by atomic mass is 9.89. The van der Waals surface area contributed by atoms with Crippen molar-refractivity contribution in [1.82, 2.24) is 13.8 Å². The van der Waals surface area contributed by atoms with Crippen LogP contribution in [0.25, 0.3) is 77.2 Å². The third-order valence-corrected chi connectivity index (χ3v) is 8.79. The topological polar surface area (TPSA) is 21.7 Å². The smallest absolute Gasteiger partial charge is 0.220 e. The van der Waals surface area contributed by atoms with E-state index in [1.807, 2.05) is 0 Å². The third kappa shape index (κ3) is 3.12. The van der Waals surface area contributed by atoms with E-state index in [1.165, 1.54) is 65.9 Å². The van der Waals surface area contributed by atoms with E-state index in [-0.39, 0.29) is 0 Å². The maximum atomic E-state index is 5.15. The highest BCUT2D eigenvalue weighted by Crippen LogP contribution is 2.42. The molecule has 0 bridgehead atoms. The lowest BCUT2D eigenvalue weighted by Gasteiger charge is -2.15. The van der Waals surface area contributed by atoms with Gasteiger partial charge in [-0.2, -0.15) is 0 Å². The predicted octanol–water partition coefficient (Wildman–Crippen LogP) is 10.1. The van der Waals surface area contributed by atoms with Crippen LogP contribution in [0.2, 0.25) is 0 Å². The second-order valence-electron chi connectivity index (χ2n) is 11.5. The number of hydrogen-bond acceptors (Lipinski definition) is 1. The Balaban J connectivity index is 1.43. The Labute approximate surface area is 237 Å². The molecule has 0 aliphatic carbocycles. The van der Waals surface area contributed by atoms with E-state index in [0.717, 1.165) is 16.8 Å². The lowest BCUT2D eigenvalue weighted by Crippen LogP contribution is -1.93. The van der Waals surface area contributed by atoms with E-state index in [0.29, 0.717) is 5.92 Å². The average Bonchev–Trinajstić information content (AvgIpc) is 3.65. The molecule has 9 aromatic rings. The summed E-state index contributed by atoms with van der Waals surface area (Å²) in [5.41, 5.74) is 12.2. The average molecular weight is 526 g/mol. The van der Waals surface area contributed by atoms with Gasteiger partial charge in [-0.25, -0.2) is 4.98 Å². The molecule has 3 heteroatoms. The van der Waals surface area contributed by atoms with Crippen LogP contribution in [0.5, 0.6) is 0 Å². The number of rotatable bonds is 3. The molecule has 0 spiro atoms. The summed E-state index contributed by atoms with van der Waals surface area (Å²) in [4.78, 5) is 5.15. The quantitative estimate of drug-likeness (QED) is 0.225. The van der Waals surface area contributed by atoms with Crippen LogP contribution in [0.1, 0.15) is 25.3 Å². The molecule has 41 heavy (non-hydrogen) atoms. The summed E-state index contributed by atoms with van der Waals surface area (Å²) in [5, 5.41) is 5.03. The number of hydrogen-bond donors (Lipinski definition) is 0. The van der Waals surface area contributed by atoms with Gasteiger partial charge in [0.05, 0.1) is 27.6 Å². The molecule has 0 aliphatic heterocycles. The SMILES string of the molecule is CC(C)c1ccc(-c2cc3c4cc5ccccc5cc4n4c3c(c2)n2c3ccccc3nc24)cc1-c1ccccc1. The molecule has 0 N–H and O–H groups in total. The van der Waals surface area contributed by atoms with Crippen LogP contribution in [0.3, 0.4) is 0 Å². The Morgan fingerprint density at radius 1 is 0.537 bits per heavy atom. The van der Waals surface area contributed by atoms with Crippen LogP contribution in [0.4, 0.5) is 0 Å². The Bertz CT molecular complexity index is 2440. The fraction of sp³-hybridized carbons (Fsp3) is 0.0789. The molecule has 3 aromatic heterocycles. The number of benzene rings is 6. The standard InChI is InChI=1S/C38H27N3/c1-23(2)29-17-16-27(18-30(29)24-10-4-3-5-11-24)28-20-32-31-19-25-12-6-7-13-26(25)21-35(31)41-37(32)36(22-28)40-34-15-9-8-14-33(34)39-38(40)41/h3-23H,1-2H3. The van der Waals surface area contributed by atoms with Crippen molar-refractivity contribution in [2.24, 2.45) is 0 Å². The number of fused-ring (bicyclic) bond motifs is 9. The molecule has 9 rings (SSSR count). The minimum absolute atomic E-state index is 0.436. The number of nitrogens with zero attached hydrogens (tertiary/aromatic N) is 3. The molecule has 3 heterocycles. The maximum absolute atomic E-state index is 5.15. The van der Waals surface area contributed by atoms with Crippen molar-refractivity contribution in [2.45, 2.75) is 19.8 Å². The van der Waals surface area contributed by atoms with E-state index in [2.05, 4.69) is 144 Å². The van der Waals surface area contributed by atoms with Gasteiger partial charge in [0.1, 0.15) is 0 Å². The Kier molecular flexibility index (Phi) is 4.52. The summed E-state index contributed by atoms with van der Waals surface area (Å²) in [6.45, 7) is 4.55. The minimum Gasteiger partial charge on any atom is -0.277 e. The van der Waals surface area contributed by atoms with E-state index < -0.39 is 0 Å². The first kappa shape index (κ1) is 22.6. The van der Waals surface area contributed by atoms with Crippen molar-refractivity contribution in [3.05, 3.63) is 127 Å². The summed E-state index contributed by atoms with van der Waals surface area (Å²) in [5.74, 6) is 1.40. The van der Waals surface area contributed by atoms with Crippen molar-refractivity contribution in [1.29, 1.82) is 0 Å². The fourth-order valence-corrected chi connectivity index (χ4v) is 6.86. The van der Waals surface area contributed by atoms with E-state index in [1.54, 1.807) is 0 Å². The van der Waals surface area contributed by atoms with Gasteiger partial charge >= 0.3 is 0 Å². The summed E-state index contributed by atoms with van der Waals surface area (Å²) >= 11 is 0. The molecule has 0 unspecified atom stereocenters. The summed E-state index contributed by atoms with van der Waals surface area (Å²) < 4.78 is 4.71. The molecule has 0 radical (unpaired) electrons. The van der Waals surface area contributed by atoms with Gasteiger partial charge in [-0.1, -0.05) is 92.7 Å². The van der Waals surface area contributed by atoms with E-state index >= 15 is 0 Å². The summed E-state index contributed by atoms with van der Waals surface area (Å²) in [7, 11) is 0. The summed E-state index contributed by atoms with van der Waals surface area (Å²) in [6.07, 6.45) is 0. The zero-order chi connectivity index (χ0) is 27.2. The molecular formula is C38H27N3. The van der Waals surface area contributed by atoms with Crippen LogP contribution in [0, 0.1) is 0 Å². The highest BCUT2D eigenvalue weighted by atomic mass is 15.2. The zero-order valence-corrected chi connectivity index (χ0v) is 23.0. The monoisotopic (exact) mass is 525 g/mol. The molecule has 0 amide bonds. The Hall–Kier alpha value is -5.15. The second-order valence-corrected chi connectivity index (χ2v) is 11.5. The van der Waals surface area contributed by atoms with Gasteiger partial charge < -0.3 is 0 Å². The number of para-hydroxylation sites is 2. The molecule has 0 saturated heterocycles. The molecule has 6 aromatic carbocycles. The van der Waals surface area contributed by atoms with Crippen LogP contribution < -0.4 is 0 Å². The van der Waals surface area contributed by atoms with Crippen LogP contribution in [-0.4, -0.2) is 13.8 Å². The zero-order valence-electron chi connectivity index (χ0n) is 23.0. The van der Waals surface area contributed by atoms with E-state index in [9.17, 15) is 0 Å². The summed E-state index contributed by atoms with van der Waals surface area (Å²) in [6, 6.07) is 44.3. The Morgan fingerprint density at radius 3 is 2.12 bits per heavy atom. The van der Waals surface area contributed by atoms with E-state index in [4.69, 9.17) is 4.98 Å². The molecule has 3 nitrogen and oxygen atoms in total. The molecule has 194 valence electrons. The van der Waals surface area contributed by atoms with Gasteiger partial charge in [0.25, 0.3) is 0 Å². The van der Waals surface area contributed by atoms with Gasteiger partial charge in [0.2, 0.25) is 5.78 Å². The normalized spacial score (nSPS) is 12.4. The number of imidazole rings is 2. The molecule has 0 atom stereocenters. The van der Waals surface area contributed by atoms with Crippen molar-refractivity contribution in [2.75, 3.05) is 0 Å². The highest BCUT2D eigenvalue weighted by molar-refractivity contribution is 6.19. The highest BCUT2D eigenvalue weighted by Gasteiger charge is 2.22. The van der Waals surface area contributed by atoms with Crippen molar-refractivity contribution >= 4 is 54.9 Å². The predicted molar refractivity (Wildman–Crippen MR) is 172 cm³/mol. The van der Waals surface area contributed by atoms with Gasteiger partial charge in [-0.05, 0) is 87.0 Å². The van der Waals surface area contributed by atoms with Gasteiger partial charge in [-0.15, -0.1) is 0 Å². The first-order valence-corrected chi connectivity index (χ1v) is 14.3. The van der Waals surface area contributed by atoms with Crippen molar-refractivity contribution in [3.8, 4) is 22.3 Å². The second kappa shape index (κ2) is 8.18. The van der Waals surface area contributed by atoms with Crippen molar-refractivity contribution < 1.29 is 0 Å². The maximum Gasteiger partial charge on any atom is 0.220 e. The molecule has 0 saturated carbocycles. The van der Waals surface area contributed by atoms with Crippen LogP contribution >= 0.6 is 0 Å². The van der Waals surface area contributed by atoms with Gasteiger partial charge in [0, 0.05) is 10.8 Å². The van der Waals surface area contributed by atoms with Crippen LogP contribution in [0.15, 0.2) is 121 Å². The van der Waals surface area contributed by atoms with Crippen molar-refractivity contribution in [3.63, 3.8) is 0 Å². The van der Waals surface area contributed by atoms with Gasteiger partial charge in [-0.3, -0.25) is 8.80 Å². The number of aromatic nitrogens is 3. The first-order chi connectivity index (χ1) is 20.2. The largest absolute Gasteiger partial charge is 0.277 e. The fourth-order valence-electron chi connectivity index (χ4n) is 6.86. The third-order valence-electron chi connectivity index (χ3n) is 8.79. The minimum atomic E-state index is 0.436. The van der Waals surface area contributed by atoms with Gasteiger partial charge in [0.15, 0.2) is 0 Å². The lowest BCUT2D eigenvalue weighted by molar-refractivity contribution is 0.869. The first-order valence-electron chi connectivity index (χ1n) is 14.3.